The maximum Gasteiger partial charge on any atom is 0.262 e. The van der Waals surface area contributed by atoms with Crippen LogP contribution in [-0.2, 0) is 9.59 Å². The zero-order valence-electron chi connectivity index (χ0n) is 13.7. The van der Waals surface area contributed by atoms with E-state index in [9.17, 15) is 9.59 Å². The van der Waals surface area contributed by atoms with Gasteiger partial charge in [0.05, 0.1) is 5.39 Å². The number of hydrogen-bond acceptors (Lipinski definition) is 5. The molecule has 25 heavy (non-hydrogen) atoms. The highest BCUT2D eigenvalue weighted by molar-refractivity contribution is 6.12. The molecular weight excluding hydrogens is 322 g/mol. The predicted molar refractivity (Wildman–Crippen MR) is 92.9 cm³/mol. The van der Waals surface area contributed by atoms with Gasteiger partial charge in [0.2, 0.25) is 11.8 Å². The first-order valence-corrected chi connectivity index (χ1v) is 7.99. The molecule has 0 spiro atoms. The number of benzene rings is 1. The van der Waals surface area contributed by atoms with E-state index in [4.69, 9.17) is 15.0 Å². The number of nitrogens with two attached hydrogens (primary N) is 1. The Morgan fingerprint density at radius 1 is 1.48 bits per heavy atom. The largest absolute Gasteiger partial charge is 0.471 e. The fraction of sp³-hybridized carbons (Fsp3) is 0.278. The summed E-state index contributed by atoms with van der Waals surface area (Å²) in [6.07, 6.45) is 6.98. The van der Waals surface area contributed by atoms with Gasteiger partial charge < -0.3 is 20.3 Å². The van der Waals surface area contributed by atoms with Crippen molar-refractivity contribution >= 4 is 28.5 Å². The SMILES string of the molecule is C=CCOc1noc2ccc(NC(=O)C3(C(N)=O)C=CCCC3)cc12. The highest BCUT2D eigenvalue weighted by Crippen LogP contribution is 2.33. The van der Waals surface area contributed by atoms with Gasteiger partial charge >= 0.3 is 0 Å². The van der Waals surface area contributed by atoms with Crippen LogP contribution in [0.2, 0.25) is 0 Å². The summed E-state index contributed by atoms with van der Waals surface area (Å²) >= 11 is 0. The molecule has 1 atom stereocenters. The van der Waals surface area contributed by atoms with Gasteiger partial charge in [0, 0.05) is 5.69 Å². The Bertz CT molecular complexity index is 855. The third-order valence-electron chi connectivity index (χ3n) is 4.22. The Morgan fingerprint density at radius 2 is 2.32 bits per heavy atom. The molecule has 130 valence electrons. The molecule has 7 nitrogen and oxygen atoms in total. The Labute approximate surface area is 144 Å². The maximum absolute atomic E-state index is 12.7. The molecule has 0 saturated carbocycles. The zero-order chi connectivity index (χ0) is 17.9. The van der Waals surface area contributed by atoms with E-state index in [1.807, 2.05) is 6.08 Å². The number of fused-ring (bicyclic) bond motifs is 1. The molecule has 7 heteroatoms. The van der Waals surface area contributed by atoms with E-state index in [1.165, 1.54) is 0 Å². The second-order valence-electron chi connectivity index (χ2n) is 5.88. The highest BCUT2D eigenvalue weighted by Gasteiger charge is 2.42. The number of primary amides is 1. The number of allylic oxidation sites excluding steroid dienone is 1. The van der Waals surface area contributed by atoms with E-state index in [1.54, 1.807) is 30.4 Å². The molecule has 0 saturated heterocycles. The second kappa shape index (κ2) is 6.80. The Morgan fingerprint density at radius 3 is 3.00 bits per heavy atom. The van der Waals surface area contributed by atoms with Gasteiger partial charge in [-0.2, -0.15) is 0 Å². The van der Waals surface area contributed by atoms with E-state index < -0.39 is 17.2 Å². The van der Waals surface area contributed by atoms with Crippen LogP contribution < -0.4 is 15.8 Å². The summed E-state index contributed by atoms with van der Waals surface area (Å²) < 4.78 is 10.6. The van der Waals surface area contributed by atoms with Crippen molar-refractivity contribution in [3.8, 4) is 5.88 Å². The van der Waals surface area contributed by atoms with Crippen molar-refractivity contribution in [2.45, 2.75) is 19.3 Å². The van der Waals surface area contributed by atoms with Gasteiger partial charge in [-0.15, -0.1) is 0 Å². The molecule has 3 rings (SSSR count). The fourth-order valence-corrected chi connectivity index (χ4v) is 2.85. The molecule has 1 aromatic carbocycles. The standard InChI is InChI=1S/C18H19N3O4/c1-2-10-24-15-13-11-12(6-7-14(13)25-21-15)20-17(23)18(16(19)22)8-4-3-5-9-18/h2,4,6-8,11H,1,3,5,9-10H2,(H2,19,22)(H,20,23). The highest BCUT2D eigenvalue weighted by atomic mass is 16.5. The first-order chi connectivity index (χ1) is 12.1. The minimum absolute atomic E-state index is 0.286. The maximum atomic E-state index is 12.7. The van der Waals surface area contributed by atoms with Crippen molar-refractivity contribution in [3.05, 3.63) is 43.0 Å². The van der Waals surface area contributed by atoms with Gasteiger partial charge in [-0.1, -0.05) is 24.8 Å². The third kappa shape index (κ3) is 3.13. The molecular formula is C18H19N3O4. The van der Waals surface area contributed by atoms with Gasteiger partial charge in [0.1, 0.15) is 12.0 Å². The molecule has 3 N–H and O–H groups in total. The van der Waals surface area contributed by atoms with Crippen LogP contribution in [0.5, 0.6) is 5.88 Å². The topological polar surface area (TPSA) is 107 Å². The van der Waals surface area contributed by atoms with E-state index in [2.05, 4.69) is 17.1 Å². The summed E-state index contributed by atoms with van der Waals surface area (Å²) in [6.45, 7) is 3.87. The molecule has 2 amide bonds. The van der Waals surface area contributed by atoms with Gasteiger partial charge in [-0.3, -0.25) is 9.59 Å². The number of nitrogens with zero attached hydrogens (tertiary/aromatic N) is 1. The van der Waals surface area contributed by atoms with Gasteiger partial charge in [-0.25, -0.2) is 0 Å². The fourth-order valence-electron chi connectivity index (χ4n) is 2.85. The summed E-state index contributed by atoms with van der Waals surface area (Å²) in [6, 6.07) is 5.03. The summed E-state index contributed by atoms with van der Waals surface area (Å²) in [7, 11) is 0. The monoisotopic (exact) mass is 341 g/mol. The van der Waals surface area contributed by atoms with Crippen LogP contribution in [0.1, 0.15) is 19.3 Å². The molecule has 1 aromatic heterocycles. The summed E-state index contributed by atoms with van der Waals surface area (Å²) in [5.74, 6) is -0.782. The van der Waals surface area contributed by atoms with Crippen molar-refractivity contribution in [1.29, 1.82) is 0 Å². The van der Waals surface area contributed by atoms with Crippen molar-refractivity contribution in [2.24, 2.45) is 11.1 Å². The second-order valence-corrected chi connectivity index (χ2v) is 5.88. The lowest BCUT2D eigenvalue weighted by atomic mass is 9.77. The van der Waals surface area contributed by atoms with E-state index in [0.29, 0.717) is 29.0 Å². The van der Waals surface area contributed by atoms with E-state index >= 15 is 0 Å². The number of nitrogens with one attached hydrogen (secondary N) is 1. The number of ether oxygens (including phenoxy) is 1. The summed E-state index contributed by atoms with van der Waals surface area (Å²) in [5.41, 5.74) is 5.22. The number of amides is 2. The van der Waals surface area contributed by atoms with Crippen LogP contribution in [0.3, 0.4) is 0 Å². The molecule has 1 aliphatic carbocycles. The molecule has 1 unspecified atom stereocenters. The van der Waals surface area contributed by atoms with Gasteiger partial charge in [0.25, 0.3) is 5.88 Å². The van der Waals surface area contributed by atoms with Crippen LogP contribution >= 0.6 is 0 Å². The molecule has 1 heterocycles. The Kier molecular flexibility index (Phi) is 4.56. The summed E-state index contributed by atoms with van der Waals surface area (Å²) in [5, 5.41) is 7.22. The lowest BCUT2D eigenvalue weighted by Gasteiger charge is -2.28. The number of rotatable bonds is 6. The van der Waals surface area contributed by atoms with Gasteiger partial charge in [0.15, 0.2) is 5.58 Å². The van der Waals surface area contributed by atoms with Crippen LogP contribution in [-0.4, -0.2) is 23.6 Å². The number of carbonyl (C=O) groups is 2. The molecule has 0 aliphatic heterocycles. The molecule has 0 fully saturated rings. The van der Waals surface area contributed by atoms with Crippen molar-refractivity contribution < 1.29 is 18.8 Å². The lowest BCUT2D eigenvalue weighted by Crippen LogP contribution is -2.46. The lowest BCUT2D eigenvalue weighted by molar-refractivity contribution is -0.136. The smallest absolute Gasteiger partial charge is 0.262 e. The average molecular weight is 341 g/mol. The number of aromatic nitrogens is 1. The number of anilines is 1. The van der Waals surface area contributed by atoms with Gasteiger partial charge in [-0.05, 0) is 42.6 Å². The molecule has 2 aromatic rings. The molecule has 0 radical (unpaired) electrons. The van der Waals surface area contributed by atoms with E-state index in [-0.39, 0.29) is 6.61 Å². The normalized spacial score (nSPS) is 19.5. The summed E-state index contributed by atoms with van der Waals surface area (Å²) in [4.78, 5) is 24.6. The molecule has 0 bridgehead atoms. The third-order valence-corrected chi connectivity index (χ3v) is 4.22. The van der Waals surface area contributed by atoms with Crippen molar-refractivity contribution in [2.75, 3.05) is 11.9 Å². The Hall–Kier alpha value is -3.09. The number of carbonyl (C=O) groups excluding carboxylic acids is 2. The zero-order valence-corrected chi connectivity index (χ0v) is 13.7. The predicted octanol–water partition coefficient (Wildman–Crippen LogP) is 2.54. The van der Waals surface area contributed by atoms with Crippen LogP contribution in [0.15, 0.2) is 47.5 Å². The number of hydrogen-bond donors (Lipinski definition) is 2. The first kappa shape index (κ1) is 16.8. The first-order valence-electron chi connectivity index (χ1n) is 7.99. The minimum atomic E-state index is -1.32. The van der Waals surface area contributed by atoms with Crippen molar-refractivity contribution in [1.82, 2.24) is 5.16 Å². The van der Waals surface area contributed by atoms with Crippen LogP contribution in [0.4, 0.5) is 5.69 Å². The van der Waals surface area contributed by atoms with Crippen LogP contribution in [0, 0.1) is 5.41 Å². The quantitative estimate of drug-likeness (QED) is 0.620. The minimum Gasteiger partial charge on any atom is -0.471 e. The van der Waals surface area contributed by atoms with Crippen molar-refractivity contribution in [3.63, 3.8) is 0 Å². The molecule has 1 aliphatic rings. The van der Waals surface area contributed by atoms with Crippen LogP contribution in [0.25, 0.3) is 11.0 Å². The van der Waals surface area contributed by atoms with E-state index in [0.717, 1.165) is 12.8 Å². The average Bonchev–Trinajstić information content (AvgIpc) is 3.02. The Balaban J connectivity index is 1.87.